The highest BCUT2D eigenvalue weighted by molar-refractivity contribution is 5.80. The maximum Gasteiger partial charge on any atom is 0.407 e. The Labute approximate surface area is 148 Å². The Hall–Kier alpha value is -2.37. The molecule has 6 nitrogen and oxygen atoms in total. The zero-order valence-corrected chi connectivity index (χ0v) is 15.2. The molecule has 2 aromatic rings. The largest absolute Gasteiger partial charge is 0.444 e. The van der Waals surface area contributed by atoms with Gasteiger partial charge in [0, 0.05) is 24.7 Å². The minimum atomic E-state index is -0.508. The smallest absolute Gasteiger partial charge is 0.407 e. The standard InChI is InChI=1S/C19H26N4O2/c1-19(2,3)25-18(24)21-13-15-11-16-14(12-20-15)7-8-17(22-16)23-9-5-4-6-10-23/h7-8,11-12H,4-6,9-10,13H2,1-3H3,(H,21,24). The number of rotatable bonds is 3. The number of ether oxygens (including phenoxy) is 1. The molecule has 6 heteroatoms. The van der Waals surface area contributed by atoms with Crippen molar-refractivity contribution in [1.29, 1.82) is 0 Å². The molecule has 1 aliphatic rings. The van der Waals surface area contributed by atoms with E-state index in [9.17, 15) is 4.79 Å². The van der Waals surface area contributed by atoms with Crippen LogP contribution in [0.5, 0.6) is 0 Å². The van der Waals surface area contributed by atoms with Crippen LogP contribution in [0.4, 0.5) is 10.6 Å². The summed E-state index contributed by atoms with van der Waals surface area (Å²) < 4.78 is 5.25. The van der Waals surface area contributed by atoms with Gasteiger partial charge >= 0.3 is 6.09 Å². The second-order valence-electron chi connectivity index (χ2n) is 7.44. The van der Waals surface area contributed by atoms with Gasteiger partial charge in [0.1, 0.15) is 11.4 Å². The molecule has 134 valence electrons. The molecule has 0 spiro atoms. The topological polar surface area (TPSA) is 67.3 Å². The summed E-state index contributed by atoms with van der Waals surface area (Å²) in [5.41, 5.74) is 1.16. The van der Waals surface area contributed by atoms with Crippen molar-refractivity contribution in [1.82, 2.24) is 15.3 Å². The van der Waals surface area contributed by atoms with Gasteiger partial charge in [0.25, 0.3) is 0 Å². The number of amides is 1. The Kier molecular flexibility index (Phi) is 5.06. The van der Waals surface area contributed by atoms with Crippen LogP contribution in [0.2, 0.25) is 0 Å². The lowest BCUT2D eigenvalue weighted by molar-refractivity contribution is 0.0523. The number of nitrogens with one attached hydrogen (secondary N) is 1. The highest BCUT2D eigenvalue weighted by Gasteiger charge is 2.16. The van der Waals surface area contributed by atoms with E-state index in [4.69, 9.17) is 9.72 Å². The first-order valence-corrected chi connectivity index (χ1v) is 8.88. The minimum Gasteiger partial charge on any atom is -0.444 e. The van der Waals surface area contributed by atoms with Crippen molar-refractivity contribution in [3.05, 3.63) is 30.1 Å². The van der Waals surface area contributed by atoms with Gasteiger partial charge in [0.15, 0.2) is 0 Å². The summed E-state index contributed by atoms with van der Waals surface area (Å²) in [6, 6.07) is 6.05. The average Bonchev–Trinajstić information content (AvgIpc) is 2.58. The number of hydrogen-bond acceptors (Lipinski definition) is 5. The number of carbonyl (C=O) groups excluding carboxylic acids is 1. The van der Waals surface area contributed by atoms with Crippen LogP contribution in [0.25, 0.3) is 10.9 Å². The van der Waals surface area contributed by atoms with Crippen LogP contribution in [-0.2, 0) is 11.3 Å². The molecule has 3 rings (SSSR count). The van der Waals surface area contributed by atoms with Crippen molar-refractivity contribution >= 4 is 22.8 Å². The molecule has 3 heterocycles. The number of anilines is 1. The predicted octanol–water partition coefficient (Wildman–Crippen LogP) is 3.64. The van der Waals surface area contributed by atoms with Crippen molar-refractivity contribution in [2.45, 2.75) is 52.2 Å². The molecule has 0 aliphatic carbocycles. The molecule has 25 heavy (non-hydrogen) atoms. The minimum absolute atomic E-state index is 0.320. The number of fused-ring (bicyclic) bond motifs is 1. The van der Waals surface area contributed by atoms with Crippen molar-refractivity contribution in [2.75, 3.05) is 18.0 Å². The van der Waals surface area contributed by atoms with Gasteiger partial charge in [-0.2, -0.15) is 0 Å². The van der Waals surface area contributed by atoms with E-state index in [1.807, 2.05) is 26.8 Å². The maximum atomic E-state index is 11.8. The van der Waals surface area contributed by atoms with Gasteiger partial charge in [-0.25, -0.2) is 9.78 Å². The van der Waals surface area contributed by atoms with Crippen LogP contribution in [0, 0.1) is 0 Å². The van der Waals surface area contributed by atoms with Gasteiger partial charge in [-0.1, -0.05) is 0 Å². The zero-order chi connectivity index (χ0) is 17.9. The molecule has 1 saturated heterocycles. The van der Waals surface area contributed by atoms with Crippen molar-refractivity contribution in [3.8, 4) is 0 Å². The number of hydrogen-bond donors (Lipinski definition) is 1. The third-order valence-corrected chi connectivity index (χ3v) is 4.11. The van der Waals surface area contributed by atoms with Crippen molar-refractivity contribution in [3.63, 3.8) is 0 Å². The molecule has 0 bridgehead atoms. The number of alkyl carbamates (subject to hydrolysis) is 1. The van der Waals surface area contributed by atoms with Crippen LogP contribution in [0.15, 0.2) is 24.4 Å². The zero-order valence-electron chi connectivity index (χ0n) is 15.2. The summed E-state index contributed by atoms with van der Waals surface area (Å²) >= 11 is 0. The first-order valence-electron chi connectivity index (χ1n) is 8.88. The quantitative estimate of drug-likeness (QED) is 0.922. The Balaban J connectivity index is 1.71. The highest BCUT2D eigenvalue weighted by atomic mass is 16.6. The van der Waals surface area contributed by atoms with Gasteiger partial charge in [0.2, 0.25) is 0 Å². The Morgan fingerprint density at radius 2 is 2.00 bits per heavy atom. The molecule has 0 aromatic carbocycles. The molecule has 1 amide bonds. The van der Waals surface area contributed by atoms with Gasteiger partial charge in [0.05, 0.1) is 17.8 Å². The molecule has 0 atom stereocenters. The summed E-state index contributed by atoms with van der Waals surface area (Å²) in [7, 11) is 0. The second kappa shape index (κ2) is 7.25. The maximum absolute atomic E-state index is 11.8. The van der Waals surface area contributed by atoms with Gasteiger partial charge < -0.3 is 15.0 Å². The van der Waals surface area contributed by atoms with E-state index in [-0.39, 0.29) is 0 Å². The summed E-state index contributed by atoms with van der Waals surface area (Å²) in [5.74, 6) is 1.02. The van der Waals surface area contributed by atoms with Gasteiger partial charge in [-0.15, -0.1) is 0 Å². The molecule has 0 saturated carbocycles. The number of aromatic nitrogens is 2. The van der Waals surface area contributed by atoms with E-state index < -0.39 is 11.7 Å². The molecule has 2 aromatic heterocycles. The normalized spacial score (nSPS) is 15.2. The fourth-order valence-corrected chi connectivity index (χ4v) is 2.92. The molecule has 1 aliphatic heterocycles. The Morgan fingerprint density at radius 3 is 2.72 bits per heavy atom. The van der Waals surface area contributed by atoms with E-state index in [0.717, 1.165) is 35.5 Å². The van der Waals surface area contributed by atoms with Crippen LogP contribution in [0.1, 0.15) is 45.7 Å². The molecule has 0 unspecified atom stereocenters. The molecular weight excluding hydrogens is 316 g/mol. The van der Waals surface area contributed by atoms with E-state index in [1.165, 1.54) is 19.3 Å². The summed E-state index contributed by atoms with van der Waals surface area (Å²) in [5, 5.41) is 3.74. The molecule has 1 fully saturated rings. The SMILES string of the molecule is CC(C)(C)OC(=O)NCc1cc2nc(N3CCCCC3)ccc2cn1. The first kappa shape index (κ1) is 17.5. The molecule has 0 radical (unpaired) electrons. The number of nitrogens with zero attached hydrogens (tertiary/aromatic N) is 3. The Bertz CT molecular complexity index is 749. The summed E-state index contributed by atoms with van der Waals surface area (Å²) in [6.07, 6.45) is 5.11. The predicted molar refractivity (Wildman–Crippen MR) is 98.7 cm³/mol. The van der Waals surface area contributed by atoms with E-state index >= 15 is 0 Å². The summed E-state index contributed by atoms with van der Waals surface area (Å²) in [6.45, 7) is 7.97. The number of piperidine rings is 1. The monoisotopic (exact) mass is 342 g/mol. The van der Waals surface area contributed by atoms with Crippen molar-refractivity contribution in [2.24, 2.45) is 0 Å². The lowest BCUT2D eigenvalue weighted by atomic mass is 10.1. The fraction of sp³-hybridized carbons (Fsp3) is 0.526. The summed E-state index contributed by atoms with van der Waals surface area (Å²) in [4.78, 5) is 23.3. The molecular formula is C19H26N4O2. The van der Waals surface area contributed by atoms with Crippen LogP contribution < -0.4 is 10.2 Å². The Morgan fingerprint density at radius 1 is 1.24 bits per heavy atom. The average molecular weight is 342 g/mol. The van der Waals surface area contributed by atoms with Crippen LogP contribution in [-0.4, -0.2) is 34.8 Å². The van der Waals surface area contributed by atoms with Gasteiger partial charge in [-0.3, -0.25) is 4.98 Å². The van der Waals surface area contributed by atoms with Gasteiger partial charge in [-0.05, 0) is 58.2 Å². The van der Waals surface area contributed by atoms with Crippen molar-refractivity contribution < 1.29 is 9.53 Å². The lowest BCUT2D eigenvalue weighted by Crippen LogP contribution is -2.32. The molecule has 1 N–H and O–H groups in total. The third-order valence-electron chi connectivity index (χ3n) is 4.11. The number of pyridine rings is 2. The second-order valence-corrected chi connectivity index (χ2v) is 7.44. The van der Waals surface area contributed by atoms with E-state index in [2.05, 4.69) is 27.3 Å². The lowest BCUT2D eigenvalue weighted by Gasteiger charge is -2.27. The number of carbonyl (C=O) groups is 1. The van der Waals surface area contributed by atoms with Crippen LogP contribution in [0.3, 0.4) is 0 Å². The van der Waals surface area contributed by atoms with E-state index in [1.54, 1.807) is 6.20 Å². The van der Waals surface area contributed by atoms with E-state index in [0.29, 0.717) is 6.54 Å². The third kappa shape index (κ3) is 4.81. The van der Waals surface area contributed by atoms with Crippen LogP contribution >= 0.6 is 0 Å². The fourth-order valence-electron chi connectivity index (χ4n) is 2.92. The highest BCUT2D eigenvalue weighted by Crippen LogP contribution is 2.21. The first-order chi connectivity index (χ1) is 11.9.